The molecule has 0 radical (unpaired) electrons. The van der Waals surface area contributed by atoms with Gasteiger partial charge in [-0.2, -0.15) is 0 Å². The zero-order valence-corrected chi connectivity index (χ0v) is 10.8. The van der Waals surface area contributed by atoms with Gasteiger partial charge in [-0.05, 0) is 32.8 Å². The van der Waals surface area contributed by atoms with Gasteiger partial charge in [0.25, 0.3) is 0 Å². The van der Waals surface area contributed by atoms with Crippen LogP contribution in [0.3, 0.4) is 0 Å². The van der Waals surface area contributed by atoms with Gasteiger partial charge in [-0.25, -0.2) is 4.31 Å². The van der Waals surface area contributed by atoms with E-state index in [-0.39, 0.29) is 0 Å². The summed E-state index contributed by atoms with van der Waals surface area (Å²) < 4.78 is 22.2. The van der Waals surface area contributed by atoms with Crippen LogP contribution in [0.5, 0.6) is 0 Å². The average Bonchev–Trinajstić information content (AvgIpc) is 2.70. The highest BCUT2D eigenvalue weighted by Gasteiger charge is 2.27. The van der Waals surface area contributed by atoms with Gasteiger partial charge in [-0.3, -0.25) is 9.11 Å². The second-order valence-electron chi connectivity index (χ2n) is 4.03. The SMILES string of the molecule is C=C(C)/C=C\C(=CC)S(O)(O)N1CCCC1. The zero-order chi connectivity index (χ0) is 12.2. The maximum absolute atomic E-state index is 10.2. The number of nitrogens with zero attached hydrogens (tertiary/aromatic N) is 1. The van der Waals surface area contributed by atoms with Crippen LogP contribution in [0.15, 0.2) is 35.3 Å². The Hall–Kier alpha value is -0.550. The van der Waals surface area contributed by atoms with Gasteiger partial charge in [0.2, 0.25) is 0 Å². The normalized spacial score (nSPS) is 20.6. The van der Waals surface area contributed by atoms with Crippen LogP contribution in [0.4, 0.5) is 0 Å². The molecule has 0 unspecified atom stereocenters. The van der Waals surface area contributed by atoms with E-state index >= 15 is 0 Å². The van der Waals surface area contributed by atoms with Gasteiger partial charge in [0.05, 0.1) is 4.91 Å². The molecule has 0 aromatic heterocycles. The van der Waals surface area contributed by atoms with Crippen molar-refractivity contribution in [1.29, 1.82) is 0 Å². The monoisotopic (exact) mass is 243 g/mol. The van der Waals surface area contributed by atoms with Gasteiger partial charge in [0, 0.05) is 13.1 Å². The molecule has 1 heterocycles. The second-order valence-corrected chi connectivity index (χ2v) is 6.05. The van der Waals surface area contributed by atoms with Crippen LogP contribution in [0.25, 0.3) is 0 Å². The number of hydrogen-bond donors (Lipinski definition) is 2. The van der Waals surface area contributed by atoms with Crippen molar-refractivity contribution in [2.24, 2.45) is 0 Å². The lowest BCUT2D eigenvalue weighted by Crippen LogP contribution is -2.24. The molecule has 0 atom stereocenters. The Morgan fingerprint density at radius 1 is 1.25 bits per heavy atom. The second kappa shape index (κ2) is 5.68. The predicted molar refractivity (Wildman–Crippen MR) is 71.4 cm³/mol. The summed E-state index contributed by atoms with van der Waals surface area (Å²) in [6.07, 6.45) is 7.39. The molecule has 0 aromatic rings. The standard InChI is InChI=1S/C12H21NO2S/c1-4-12(8-7-11(2)3)16(14,15)13-9-5-6-10-13/h4,7-8,14-15H,2,5-6,9-10H2,1,3H3/b8-7-,12-4?. The Bertz CT molecular complexity index is 315. The summed E-state index contributed by atoms with van der Waals surface area (Å²) in [7, 11) is -2.78. The first-order valence-corrected chi connectivity index (χ1v) is 7.02. The van der Waals surface area contributed by atoms with E-state index in [9.17, 15) is 9.11 Å². The molecule has 92 valence electrons. The molecule has 0 amide bonds. The maximum atomic E-state index is 10.2. The molecule has 1 aliphatic rings. The Morgan fingerprint density at radius 2 is 1.81 bits per heavy atom. The van der Waals surface area contributed by atoms with Gasteiger partial charge in [0.1, 0.15) is 0 Å². The molecule has 1 rings (SSSR count). The van der Waals surface area contributed by atoms with Crippen LogP contribution in [0.2, 0.25) is 0 Å². The van der Waals surface area contributed by atoms with Crippen LogP contribution < -0.4 is 0 Å². The molecule has 0 aromatic carbocycles. The fraction of sp³-hybridized carbons (Fsp3) is 0.500. The highest BCUT2D eigenvalue weighted by Crippen LogP contribution is 2.53. The minimum atomic E-state index is -2.78. The van der Waals surface area contributed by atoms with E-state index in [1.54, 1.807) is 22.5 Å². The highest BCUT2D eigenvalue weighted by molar-refractivity contribution is 8.25. The third-order valence-electron chi connectivity index (χ3n) is 2.56. The summed E-state index contributed by atoms with van der Waals surface area (Å²) in [5.74, 6) is 0. The van der Waals surface area contributed by atoms with Crippen molar-refractivity contribution in [2.75, 3.05) is 13.1 Å². The summed E-state index contributed by atoms with van der Waals surface area (Å²) in [4.78, 5) is 0.581. The Labute approximate surface area is 99.6 Å². The van der Waals surface area contributed by atoms with Crippen molar-refractivity contribution in [2.45, 2.75) is 26.7 Å². The lowest BCUT2D eigenvalue weighted by atomic mass is 10.3. The largest absolute Gasteiger partial charge is 0.281 e. The third kappa shape index (κ3) is 3.22. The van der Waals surface area contributed by atoms with Crippen LogP contribution in [-0.4, -0.2) is 26.5 Å². The Kier molecular flexibility index (Phi) is 4.80. The first-order valence-electron chi connectivity index (χ1n) is 5.51. The lowest BCUT2D eigenvalue weighted by Gasteiger charge is -2.41. The summed E-state index contributed by atoms with van der Waals surface area (Å²) in [6, 6.07) is 0. The van der Waals surface area contributed by atoms with Crippen LogP contribution >= 0.6 is 10.8 Å². The van der Waals surface area contributed by atoms with Gasteiger partial charge in [0.15, 0.2) is 0 Å². The molecular formula is C12H21NO2S. The molecule has 0 aliphatic carbocycles. The van der Waals surface area contributed by atoms with Gasteiger partial charge >= 0.3 is 0 Å². The fourth-order valence-corrected chi connectivity index (χ4v) is 3.29. The zero-order valence-electron chi connectivity index (χ0n) is 10.0. The summed E-state index contributed by atoms with van der Waals surface area (Å²) >= 11 is 0. The van der Waals surface area contributed by atoms with Gasteiger partial charge in [-0.1, -0.05) is 24.3 Å². The van der Waals surface area contributed by atoms with Crippen molar-refractivity contribution in [1.82, 2.24) is 4.31 Å². The molecular weight excluding hydrogens is 222 g/mol. The smallest absolute Gasteiger partial charge is 0.0710 e. The maximum Gasteiger partial charge on any atom is 0.0710 e. The average molecular weight is 243 g/mol. The van der Waals surface area contributed by atoms with Gasteiger partial charge in [-0.15, -0.1) is 10.8 Å². The van der Waals surface area contributed by atoms with E-state index in [4.69, 9.17) is 0 Å². The van der Waals surface area contributed by atoms with Crippen LogP contribution in [-0.2, 0) is 0 Å². The first kappa shape index (κ1) is 13.5. The van der Waals surface area contributed by atoms with Crippen LogP contribution in [0, 0.1) is 0 Å². The molecule has 1 fully saturated rings. The Morgan fingerprint density at radius 3 is 2.25 bits per heavy atom. The third-order valence-corrected chi connectivity index (χ3v) is 4.65. The predicted octanol–water partition coefficient (Wildman–Crippen LogP) is 3.78. The molecule has 16 heavy (non-hydrogen) atoms. The number of allylic oxidation sites excluding steroid dienone is 4. The summed E-state index contributed by atoms with van der Waals surface area (Å²) in [5, 5.41) is 0. The molecule has 1 aliphatic heterocycles. The van der Waals surface area contributed by atoms with Crippen molar-refractivity contribution < 1.29 is 9.11 Å². The molecule has 2 N–H and O–H groups in total. The minimum absolute atomic E-state index is 0.581. The van der Waals surface area contributed by atoms with Crippen molar-refractivity contribution in [3.63, 3.8) is 0 Å². The molecule has 3 nitrogen and oxygen atoms in total. The fourth-order valence-electron chi connectivity index (χ4n) is 1.66. The Balaban J connectivity index is 2.82. The summed E-state index contributed by atoms with van der Waals surface area (Å²) in [5.41, 5.74) is 0.899. The molecule has 0 bridgehead atoms. The van der Waals surface area contributed by atoms with E-state index in [0.717, 1.165) is 31.5 Å². The van der Waals surface area contributed by atoms with E-state index in [0.29, 0.717) is 4.91 Å². The molecule has 4 heteroatoms. The lowest BCUT2D eigenvalue weighted by molar-refractivity contribution is 0.395. The van der Waals surface area contributed by atoms with Crippen molar-refractivity contribution in [3.8, 4) is 0 Å². The number of hydrogen-bond acceptors (Lipinski definition) is 3. The number of rotatable bonds is 4. The van der Waals surface area contributed by atoms with Gasteiger partial charge < -0.3 is 0 Å². The topological polar surface area (TPSA) is 43.7 Å². The van der Waals surface area contributed by atoms with E-state index < -0.39 is 10.8 Å². The summed E-state index contributed by atoms with van der Waals surface area (Å²) in [6.45, 7) is 8.99. The van der Waals surface area contributed by atoms with E-state index in [2.05, 4.69) is 6.58 Å². The minimum Gasteiger partial charge on any atom is -0.281 e. The van der Waals surface area contributed by atoms with Crippen LogP contribution in [0.1, 0.15) is 26.7 Å². The van der Waals surface area contributed by atoms with E-state index in [1.807, 2.05) is 13.8 Å². The van der Waals surface area contributed by atoms with Crippen molar-refractivity contribution in [3.05, 3.63) is 35.3 Å². The molecule has 1 saturated heterocycles. The molecule has 0 spiro atoms. The first-order chi connectivity index (χ1) is 7.48. The van der Waals surface area contributed by atoms with Crippen molar-refractivity contribution >= 4 is 10.8 Å². The van der Waals surface area contributed by atoms with E-state index in [1.165, 1.54) is 0 Å². The highest BCUT2D eigenvalue weighted by atomic mass is 32.3. The quantitative estimate of drug-likeness (QED) is 0.738. The molecule has 0 saturated carbocycles.